The molecule has 5 rings (SSSR count). The van der Waals surface area contributed by atoms with Gasteiger partial charge in [-0.25, -0.2) is 0 Å². The standard InChI is InChI=1S/C15H23N3O/c1-13-3-10-4-14(2,7-13)9-15(5-10,8-13)12-18-17-11(6-16)19-12/h10H,3-9,16H2,1-2H3. The molecule has 2 N–H and O–H groups in total. The minimum Gasteiger partial charge on any atom is -0.423 e. The van der Waals surface area contributed by atoms with Crippen LogP contribution in [0, 0.1) is 16.7 Å². The van der Waals surface area contributed by atoms with Gasteiger partial charge in [-0.2, -0.15) is 0 Å². The molecule has 2 unspecified atom stereocenters. The molecule has 0 spiro atoms. The molecule has 4 aliphatic carbocycles. The monoisotopic (exact) mass is 261 g/mol. The normalized spacial score (nSPS) is 47.8. The fraction of sp³-hybridized carbons (Fsp3) is 0.867. The molecule has 0 amide bonds. The summed E-state index contributed by atoms with van der Waals surface area (Å²) in [5.41, 5.74) is 6.71. The number of hydrogen-bond acceptors (Lipinski definition) is 4. The van der Waals surface area contributed by atoms with Gasteiger partial charge in [0.25, 0.3) is 0 Å². The van der Waals surface area contributed by atoms with Crippen molar-refractivity contribution in [2.75, 3.05) is 0 Å². The third kappa shape index (κ3) is 1.62. The summed E-state index contributed by atoms with van der Waals surface area (Å²) in [5, 5.41) is 8.44. The van der Waals surface area contributed by atoms with Gasteiger partial charge in [0.15, 0.2) is 0 Å². The van der Waals surface area contributed by atoms with Crippen molar-refractivity contribution in [2.45, 2.75) is 64.3 Å². The molecule has 0 aliphatic heterocycles. The summed E-state index contributed by atoms with van der Waals surface area (Å²) in [4.78, 5) is 0. The maximum absolute atomic E-state index is 5.86. The summed E-state index contributed by atoms with van der Waals surface area (Å²) in [6.07, 6.45) is 7.83. The first-order valence-corrected chi connectivity index (χ1v) is 7.47. The van der Waals surface area contributed by atoms with Gasteiger partial charge in [-0.05, 0) is 55.3 Å². The lowest BCUT2D eigenvalue weighted by atomic mass is 9.40. The van der Waals surface area contributed by atoms with Crippen LogP contribution < -0.4 is 5.73 Å². The van der Waals surface area contributed by atoms with Crippen LogP contribution in [0.5, 0.6) is 0 Å². The third-order valence-corrected chi connectivity index (χ3v) is 5.72. The highest BCUT2D eigenvalue weighted by atomic mass is 16.4. The van der Waals surface area contributed by atoms with Crippen molar-refractivity contribution in [3.63, 3.8) is 0 Å². The third-order valence-electron chi connectivity index (χ3n) is 5.72. The molecule has 0 aromatic carbocycles. The maximum atomic E-state index is 5.86. The van der Waals surface area contributed by atoms with E-state index in [1.54, 1.807) is 0 Å². The van der Waals surface area contributed by atoms with E-state index in [0.717, 1.165) is 11.8 Å². The zero-order chi connectivity index (χ0) is 13.3. The average Bonchev–Trinajstić information content (AvgIpc) is 2.72. The number of nitrogens with two attached hydrogens (primary N) is 1. The van der Waals surface area contributed by atoms with Crippen molar-refractivity contribution >= 4 is 0 Å². The van der Waals surface area contributed by atoms with E-state index in [0.29, 0.717) is 23.3 Å². The second-order valence-corrected chi connectivity index (χ2v) is 8.12. The van der Waals surface area contributed by atoms with Crippen LogP contribution in [0.15, 0.2) is 4.42 Å². The summed E-state index contributed by atoms with van der Waals surface area (Å²) in [6, 6.07) is 0. The average molecular weight is 261 g/mol. The highest BCUT2D eigenvalue weighted by Gasteiger charge is 2.62. The lowest BCUT2D eigenvalue weighted by molar-refractivity contribution is -0.117. The molecule has 104 valence electrons. The molecule has 4 nitrogen and oxygen atoms in total. The molecule has 4 bridgehead atoms. The molecule has 4 fully saturated rings. The highest BCUT2D eigenvalue weighted by molar-refractivity contribution is 5.20. The second kappa shape index (κ2) is 3.40. The van der Waals surface area contributed by atoms with Gasteiger partial charge >= 0.3 is 0 Å². The molecule has 1 heterocycles. The van der Waals surface area contributed by atoms with Crippen LogP contribution in [0.25, 0.3) is 0 Å². The van der Waals surface area contributed by atoms with E-state index in [-0.39, 0.29) is 5.41 Å². The Labute approximate surface area is 114 Å². The molecule has 1 aromatic heterocycles. The van der Waals surface area contributed by atoms with Crippen LogP contribution in [0.4, 0.5) is 0 Å². The molecule has 1 aromatic rings. The van der Waals surface area contributed by atoms with E-state index in [9.17, 15) is 0 Å². The number of aromatic nitrogens is 2. The van der Waals surface area contributed by atoms with Gasteiger partial charge in [0.05, 0.1) is 6.54 Å². The summed E-state index contributed by atoms with van der Waals surface area (Å²) in [6.45, 7) is 5.27. The molecule has 4 heteroatoms. The van der Waals surface area contributed by atoms with Crippen LogP contribution in [0.3, 0.4) is 0 Å². The van der Waals surface area contributed by atoms with E-state index in [2.05, 4.69) is 24.0 Å². The van der Waals surface area contributed by atoms with E-state index < -0.39 is 0 Å². The molecule has 2 atom stereocenters. The van der Waals surface area contributed by atoms with Crippen LogP contribution in [0.1, 0.15) is 64.2 Å². The fourth-order valence-corrected chi connectivity index (χ4v) is 6.24. The lowest BCUT2D eigenvalue weighted by Crippen LogP contribution is -2.57. The Balaban J connectivity index is 1.78. The summed E-state index contributed by atoms with van der Waals surface area (Å²) < 4.78 is 5.86. The highest BCUT2D eigenvalue weighted by Crippen LogP contribution is 2.69. The molecule has 0 saturated heterocycles. The number of rotatable bonds is 2. The van der Waals surface area contributed by atoms with E-state index in [1.807, 2.05) is 0 Å². The van der Waals surface area contributed by atoms with Gasteiger partial charge in [0.1, 0.15) is 0 Å². The van der Waals surface area contributed by atoms with Crippen molar-refractivity contribution in [1.82, 2.24) is 10.2 Å². The van der Waals surface area contributed by atoms with E-state index in [1.165, 1.54) is 38.5 Å². The van der Waals surface area contributed by atoms with Crippen LogP contribution >= 0.6 is 0 Å². The zero-order valence-electron chi connectivity index (χ0n) is 11.9. The minimum absolute atomic E-state index is 0.142. The van der Waals surface area contributed by atoms with Crippen molar-refractivity contribution in [3.8, 4) is 0 Å². The van der Waals surface area contributed by atoms with Gasteiger partial charge in [-0.15, -0.1) is 10.2 Å². The van der Waals surface area contributed by atoms with E-state index in [4.69, 9.17) is 10.2 Å². The Hall–Kier alpha value is -0.900. The van der Waals surface area contributed by atoms with Crippen molar-refractivity contribution in [2.24, 2.45) is 22.5 Å². The Bertz CT molecular complexity index is 505. The van der Waals surface area contributed by atoms with Gasteiger partial charge in [0.2, 0.25) is 11.8 Å². The van der Waals surface area contributed by atoms with Crippen LogP contribution in [-0.2, 0) is 12.0 Å². The summed E-state index contributed by atoms with van der Waals surface area (Å²) in [7, 11) is 0. The summed E-state index contributed by atoms with van der Waals surface area (Å²) >= 11 is 0. The van der Waals surface area contributed by atoms with Crippen molar-refractivity contribution in [3.05, 3.63) is 11.8 Å². The first-order chi connectivity index (χ1) is 8.94. The topological polar surface area (TPSA) is 64.9 Å². The fourth-order valence-electron chi connectivity index (χ4n) is 6.24. The predicted molar refractivity (Wildman–Crippen MR) is 71.3 cm³/mol. The maximum Gasteiger partial charge on any atom is 0.230 e. The predicted octanol–water partition coefficient (Wildman–Crippen LogP) is 2.78. The van der Waals surface area contributed by atoms with Crippen LogP contribution in [0.2, 0.25) is 0 Å². The van der Waals surface area contributed by atoms with Crippen molar-refractivity contribution in [1.29, 1.82) is 0 Å². The molecule has 4 saturated carbocycles. The molecular formula is C15H23N3O. The molecule has 0 radical (unpaired) electrons. The van der Waals surface area contributed by atoms with Gasteiger partial charge < -0.3 is 10.2 Å². The second-order valence-electron chi connectivity index (χ2n) is 8.12. The Morgan fingerprint density at radius 1 is 1.11 bits per heavy atom. The summed E-state index contributed by atoms with van der Waals surface area (Å²) in [5.74, 6) is 2.30. The van der Waals surface area contributed by atoms with E-state index >= 15 is 0 Å². The van der Waals surface area contributed by atoms with Gasteiger partial charge in [0, 0.05) is 5.41 Å². The smallest absolute Gasteiger partial charge is 0.230 e. The largest absolute Gasteiger partial charge is 0.423 e. The Kier molecular flexibility index (Phi) is 2.13. The molecule has 4 aliphatic rings. The Morgan fingerprint density at radius 2 is 1.79 bits per heavy atom. The molecular weight excluding hydrogens is 238 g/mol. The SMILES string of the molecule is CC12CC3CC(C)(C1)CC(c1nnc(CN)o1)(C3)C2. The lowest BCUT2D eigenvalue weighted by Gasteiger charge is -2.64. The number of hydrogen-bond donors (Lipinski definition) is 1. The minimum atomic E-state index is 0.142. The number of nitrogens with zero attached hydrogens (tertiary/aromatic N) is 2. The van der Waals surface area contributed by atoms with Crippen molar-refractivity contribution < 1.29 is 4.42 Å². The van der Waals surface area contributed by atoms with Gasteiger partial charge in [-0.3, -0.25) is 0 Å². The zero-order valence-corrected chi connectivity index (χ0v) is 11.9. The Morgan fingerprint density at radius 3 is 2.32 bits per heavy atom. The quantitative estimate of drug-likeness (QED) is 0.889. The molecule has 19 heavy (non-hydrogen) atoms. The first kappa shape index (κ1) is 11.9. The first-order valence-electron chi connectivity index (χ1n) is 7.47. The van der Waals surface area contributed by atoms with Gasteiger partial charge in [-0.1, -0.05) is 13.8 Å². The van der Waals surface area contributed by atoms with Crippen LogP contribution in [-0.4, -0.2) is 10.2 Å².